The molecule has 0 bridgehead atoms. The summed E-state index contributed by atoms with van der Waals surface area (Å²) in [6.07, 6.45) is -0.470. The maximum atomic E-state index is 11.4. The molecule has 9 nitrogen and oxygen atoms in total. The van der Waals surface area contributed by atoms with Crippen LogP contribution in [0, 0.1) is 0 Å². The fourth-order valence-electron chi connectivity index (χ4n) is 1.68. The van der Waals surface area contributed by atoms with Crippen molar-refractivity contribution in [1.29, 1.82) is 0 Å². The zero-order valence-corrected chi connectivity index (χ0v) is 18.0. The van der Waals surface area contributed by atoms with Crippen molar-refractivity contribution in [3.05, 3.63) is 36.5 Å². The van der Waals surface area contributed by atoms with E-state index in [9.17, 15) is 14.4 Å². The Kier molecular flexibility index (Phi) is 15.0. The summed E-state index contributed by atoms with van der Waals surface area (Å²) in [6, 6.07) is 0. The van der Waals surface area contributed by atoms with Gasteiger partial charge in [0.05, 0.1) is 33.0 Å². The molecule has 30 heavy (non-hydrogen) atoms. The second kappa shape index (κ2) is 16.3. The molecular weight excluding hydrogens is 396 g/mol. The fourth-order valence-corrected chi connectivity index (χ4v) is 1.68. The molecule has 0 spiro atoms. The number of hydrogen-bond acceptors (Lipinski definition) is 9. The monoisotopic (exact) mass is 428 g/mol. The van der Waals surface area contributed by atoms with Crippen molar-refractivity contribution in [1.82, 2.24) is 0 Å². The van der Waals surface area contributed by atoms with Crippen molar-refractivity contribution in [3.8, 4) is 0 Å². The summed E-state index contributed by atoms with van der Waals surface area (Å²) in [7, 11) is 0. The van der Waals surface area contributed by atoms with Gasteiger partial charge in [-0.15, -0.1) is 0 Å². The molecule has 0 rings (SSSR count). The van der Waals surface area contributed by atoms with Crippen molar-refractivity contribution in [2.45, 2.75) is 26.9 Å². The van der Waals surface area contributed by atoms with Crippen LogP contribution in [0.3, 0.4) is 0 Å². The first-order chi connectivity index (χ1) is 14.1. The van der Waals surface area contributed by atoms with E-state index in [2.05, 4.69) is 19.7 Å². The Morgan fingerprint density at radius 3 is 1.27 bits per heavy atom. The fraction of sp³-hybridized carbons (Fsp3) is 0.571. The van der Waals surface area contributed by atoms with Crippen LogP contribution in [0.2, 0.25) is 0 Å². The highest BCUT2D eigenvalue weighted by Gasteiger charge is 2.12. The van der Waals surface area contributed by atoms with Gasteiger partial charge in [-0.2, -0.15) is 0 Å². The van der Waals surface area contributed by atoms with E-state index in [4.69, 9.17) is 28.4 Å². The zero-order valence-electron chi connectivity index (χ0n) is 18.0. The molecule has 0 fully saturated rings. The highest BCUT2D eigenvalue weighted by molar-refractivity contribution is 5.87. The molecule has 0 radical (unpaired) electrons. The lowest BCUT2D eigenvalue weighted by Crippen LogP contribution is -2.29. The van der Waals surface area contributed by atoms with Gasteiger partial charge >= 0.3 is 17.9 Å². The summed E-state index contributed by atoms with van der Waals surface area (Å²) in [5.41, 5.74) is 0.911. The van der Waals surface area contributed by atoms with Crippen LogP contribution >= 0.6 is 0 Å². The first-order valence-electron chi connectivity index (χ1n) is 9.40. The Morgan fingerprint density at radius 2 is 0.933 bits per heavy atom. The average Bonchev–Trinajstić information content (AvgIpc) is 2.68. The molecule has 0 aliphatic heterocycles. The Morgan fingerprint density at radius 1 is 0.600 bits per heavy atom. The van der Waals surface area contributed by atoms with Crippen LogP contribution in [-0.4, -0.2) is 76.9 Å². The van der Waals surface area contributed by atoms with Crippen molar-refractivity contribution in [2.24, 2.45) is 0 Å². The summed E-state index contributed by atoms with van der Waals surface area (Å²) >= 11 is 0. The molecule has 0 aromatic rings. The van der Waals surface area contributed by atoms with E-state index < -0.39 is 24.0 Å². The van der Waals surface area contributed by atoms with Gasteiger partial charge in [0.1, 0.15) is 25.9 Å². The Bertz CT molecular complexity index is 574. The number of carbonyl (C=O) groups is 3. The van der Waals surface area contributed by atoms with Gasteiger partial charge in [-0.25, -0.2) is 14.4 Å². The van der Waals surface area contributed by atoms with Crippen molar-refractivity contribution >= 4 is 17.9 Å². The Balaban J connectivity index is 4.23. The minimum atomic E-state index is -0.499. The highest BCUT2D eigenvalue weighted by Crippen LogP contribution is 1.99. The second-order valence-electron chi connectivity index (χ2n) is 6.39. The summed E-state index contributed by atoms with van der Waals surface area (Å²) < 4.78 is 31.3. The molecule has 0 heterocycles. The number of esters is 3. The third kappa shape index (κ3) is 14.5. The number of carbonyl (C=O) groups excluding carboxylic acids is 3. The summed E-state index contributed by atoms with van der Waals surface area (Å²) in [4.78, 5) is 34.0. The molecule has 0 saturated heterocycles. The van der Waals surface area contributed by atoms with E-state index in [1.54, 1.807) is 20.8 Å². The van der Waals surface area contributed by atoms with E-state index in [1.165, 1.54) is 0 Å². The van der Waals surface area contributed by atoms with Crippen molar-refractivity contribution in [2.75, 3.05) is 52.9 Å². The van der Waals surface area contributed by atoms with Crippen LogP contribution in [-0.2, 0) is 42.8 Å². The normalized spacial score (nSPS) is 10.4. The minimum Gasteiger partial charge on any atom is -0.460 e. The van der Waals surface area contributed by atoms with Gasteiger partial charge in [-0.3, -0.25) is 0 Å². The molecule has 0 aromatic carbocycles. The molecule has 170 valence electrons. The largest absolute Gasteiger partial charge is 0.460 e. The SMILES string of the molecule is C=C(C)C(=O)OCCOCC(COCCOC(=O)C(=C)C)OCCOC(=O)C(=C)C. The van der Waals surface area contributed by atoms with Gasteiger partial charge in [0.15, 0.2) is 0 Å². The lowest BCUT2D eigenvalue weighted by Gasteiger charge is -2.18. The topological polar surface area (TPSA) is 107 Å². The van der Waals surface area contributed by atoms with E-state index in [0.717, 1.165) is 0 Å². The molecule has 0 atom stereocenters. The molecule has 0 amide bonds. The van der Waals surface area contributed by atoms with Crippen molar-refractivity contribution in [3.63, 3.8) is 0 Å². The maximum absolute atomic E-state index is 11.4. The van der Waals surface area contributed by atoms with E-state index in [-0.39, 0.29) is 52.9 Å². The van der Waals surface area contributed by atoms with Gasteiger partial charge in [-0.1, -0.05) is 19.7 Å². The lowest BCUT2D eigenvalue weighted by atomic mass is 10.4. The van der Waals surface area contributed by atoms with Crippen LogP contribution in [0.15, 0.2) is 36.5 Å². The molecule has 0 N–H and O–H groups in total. The number of ether oxygens (including phenoxy) is 6. The molecule has 9 heteroatoms. The molecule has 0 unspecified atom stereocenters. The minimum absolute atomic E-state index is 0.0502. The van der Waals surface area contributed by atoms with Crippen LogP contribution in [0.25, 0.3) is 0 Å². The van der Waals surface area contributed by atoms with Crippen molar-refractivity contribution < 1.29 is 42.8 Å². The Hall–Kier alpha value is -2.49. The predicted molar refractivity (Wildman–Crippen MR) is 109 cm³/mol. The molecular formula is C21H32O9. The van der Waals surface area contributed by atoms with E-state index in [1.807, 2.05) is 0 Å². The highest BCUT2D eigenvalue weighted by atomic mass is 16.6. The maximum Gasteiger partial charge on any atom is 0.333 e. The van der Waals surface area contributed by atoms with E-state index in [0.29, 0.717) is 16.7 Å². The number of hydrogen-bond donors (Lipinski definition) is 0. The Labute approximate surface area is 177 Å². The quantitative estimate of drug-likeness (QED) is 0.148. The van der Waals surface area contributed by atoms with Gasteiger partial charge in [-0.05, 0) is 20.8 Å². The van der Waals surface area contributed by atoms with E-state index >= 15 is 0 Å². The number of rotatable bonds is 17. The summed E-state index contributed by atoms with van der Waals surface area (Å²) in [5, 5.41) is 0. The zero-order chi connectivity index (χ0) is 22.9. The summed E-state index contributed by atoms with van der Waals surface area (Å²) in [6.45, 7) is 16.1. The van der Waals surface area contributed by atoms with Crippen LogP contribution in [0.5, 0.6) is 0 Å². The van der Waals surface area contributed by atoms with Gasteiger partial charge in [0.2, 0.25) is 0 Å². The molecule has 0 aliphatic rings. The third-order valence-electron chi connectivity index (χ3n) is 3.24. The second-order valence-corrected chi connectivity index (χ2v) is 6.39. The van der Waals surface area contributed by atoms with Gasteiger partial charge in [0, 0.05) is 16.7 Å². The third-order valence-corrected chi connectivity index (χ3v) is 3.24. The first-order valence-corrected chi connectivity index (χ1v) is 9.40. The smallest absolute Gasteiger partial charge is 0.333 e. The van der Waals surface area contributed by atoms with Crippen LogP contribution < -0.4 is 0 Å². The van der Waals surface area contributed by atoms with Gasteiger partial charge < -0.3 is 28.4 Å². The molecule has 0 aromatic heterocycles. The predicted octanol–water partition coefficient (Wildman–Crippen LogP) is 1.76. The standard InChI is InChI=1S/C21H32O9/c1-15(2)19(22)28-9-7-25-13-18(27-11-12-30-21(24)17(5)6)14-26-8-10-29-20(23)16(3)4/h18H,1,3,5,7-14H2,2,4,6H3. The van der Waals surface area contributed by atoms with Gasteiger partial charge in [0.25, 0.3) is 0 Å². The van der Waals surface area contributed by atoms with Crippen LogP contribution in [0.4, 0.5) is 0 Å². The first kappa shape index (κ1) is 27.5. The molecule has 0 saturated carbocycles. The lowest BCUT2D eigenvalue weighted by molar-refractivity contribution is -0.145. The summed E-state index contributed by atoms with van der Waals surface area (Å²) in [5.74, 6) is -1.47. The van der Waals surface area contributed by atoms with Crippen LogP contribution in [0.1, 0.15) is 20.8 Å². The average molecular weight is 428 g/mol. The molecule has 0 aliphatic carbocycles.